The van der Waals surface area contributed by atoms with Crippen molar-refractivity contribution in [2.45, 2.75) is 39.5 Å². The summed E-state index contributed by atoms with van der Waals surface area (Å²) in [7, 11) is 0. The summed E-state index contributed by atoms with van der Waals surface area (Å²) >= 11 is 0. The minimum absolute atomic E-state index is 0.227. The van der Waals surface area contributed by atoms with Gasteiger partial charge in [-0.25, -0.2) is 4.98 Å². The Morgan fingerprint density at radius 3 is 2.93 bits per heavy atom. The number of nitrogens with zero attached hydrogens (tertiary/aromatic N) is 1. The molecule has 0 spiro atoms. The first kappa shape index (κ1) is 9.38. The molecule has 0 fully saturated rings. The number of hydrogen-bond donors (Lipinski definition) is 0. The zero-order valence-corrected chi connectivity index (χ0v) is 8.76. The van der Waals surface area contributed by atoms with Crippen LogP contribution in [0.3, 0.4) is 0 Å². The molecule has 0 aliphatic heterocycles. The van der Waals surface area contributed by atoms with Gasteiger partial charge in [-0.2, -0.15) is 0 Å². The topological polar surface area (TPSA) is 30.0 Å². The van der Waals surface area contributed by atoms with Crippen molar-refractivity contribution >= 4 is 5.78 Å². The van der Waals surface area contributed by atoms with Crippen molar-refractivity contribution in [1.82, 2.24) is 4.98 Å². The smallest absolute Gasteiger partial charge is 0.181 e. The highest BCUT2D eigenvalue weighted by Crippen LogP contribution is 2.24. The van der Waals surface area contributed by atoms with Crippen LogP contribution in [0.2, 0.25) is 0 Å². The summed E-state index contributed by atoms with van der Waals surface area (Å²) in [6.07, 6.45) is 3.69. The van der Waals surface area contributed by atoms with E-state index < -0.39 is 0 Å². The van der Waals surface area contributed by atoms with Gasteiger partial charge in [0, 0.05) is 12.1 Å². The third-order valence-corrected chi connectivity index (χ3v) is 2.82. The van der Waals surface area contributed by atoms with Gasteiger partial charge < -0.3 is 0 Å². The maximum Gasteiger partial charge on any atom is 0.181 e. The van der Waals surface area contributed by atoms with Crippen molar-refractivity contribution in [2.75, 3.05) is 0 Å². The molecule has 0 aromatic carbocycles. The van der Waals surface area contributed by atoms with Gasteiger partial charge in [0.2, 0.25) is 0 Å². The quantitative estimate of drug-likeness (QED) is 0.679. The van der Waals surface area contributed by atoms with E-state index in [4.69, 9.17) is 0 Å². The van der Waals surface area contributed by atoms with Crippen LogP contribution in [0.1, 0.15) is 47.1 Å². The van der Waals surface area contributed by atoms with Gasteiger partial charge in [-0.1, -0.05) is 6.92 Å². The van der Waals surface area contributed by atoms with E-state index in [0.717, 1.165) is 30.7 Å². The Morgan fingerprint density at radius 1 is 1.43 bits per heavy atom. The first-order chi connectivity index (χ1) is 6.72. The summed E-state index contributed by atoms with van der Waals surface area (Å²) in [6.45, 7) is 4.09. The standard InChI is InChI=1S/C12H15NO/c1-3-9-7-8(2)13-12-10(9)5-4-6-11(12)14/h7H,3-6H2,1-2H3. The van der Waals surface area contributed by atoms with Crippen molar-refractivity contribution in [3.63, 3.8) is 0 Å². The van der Waals surface area contributed by atoms with Crippen molar-refractivity contribution in [3.8, 4) is 0 Å². The summed E-state index contributed by atoms with van der Waals surface area (Å²) in [5.74, 6) is 0.227. The molecule has 1 aromatic rings. The fraction of sp³-hybridized carbons (Fsp3) is 0.500. The Kier molecular flexibility index (Phi) is 2.36. The summed E-state index contributed by atoms with van der Waals surface area (Å²) in [5.41, 5.74) is 4.22. The number of hydrogen-bond acceptors (Lipinski definition) is 2. The number of fused-ring (bicyclic) bond motifs is 1. The second-order valence-corrected chi connectivity index (χ2v) is 3.88. The molecule has 0 radical (unpaired) electrons. The Balaban J connectivity index is 2.60. The maximum atomic E-state index is 11.6. The second kappa shape index (κ2) is 3.52. The number of carbonyl (C=O) groups is 1. The monoisotopic (exact) mass is 189 g/mol. The minimum atomic E-state index is 0.227. The number of rotatable bonds is 1. The van der Waals surface area contributed by atoms with E-state index in [-0.39, 0.29) is 5.78 Å². The number of carbonyl (C=O) groups excluding carboxylic acids is 1. The van der Waals surface area contributed by atoms with Gasteiger partial charge in [0.1, 0.15) is 5.69 Å². The van der Waals surface area contributed by atoms with Crippen LogP contribution >= 0.6 is 0 Å². The van der Waals surface area contributed by atoms with E-state index in [0.29, 0.717) is 6.42 Å². The van der Waals surface area contributed by atoms with Crippen LogP contribution in [0.15, 0.2) is 6.07 Å². The predicted molar refractivity (Wildman–Crippen MR) is 55.6 cm³/mol. The van der Waals surface area contributed by atoms with Gasteiger partial charge in [0.25, 0.3) is 0 Å². The van der Waals surface area contributed by atoms with Crippen molar-refractivity contribution in [3.05, 3.63) is 28.6 Å². The highest BCUT2D eigenvalue weighted by atomic mass is 16.1. The van der Waals surface area contributed by atoms with Crippen LogP contribution in [-0.2, 0) is 12.8 Å². The van der Waals surface area contributed by atoms with Crippen LogP contribution in [0.4, 0.5) is 0 Å². The highest BCUT2D eigenvalue weighted by Gasteiger charge is 2.20. The third-order valence-electron chi connectivity index (χ3n) is 2.82. The lowest BCUT2D eigenvalue weighted by Crippen LogP contribution is -2.16. The molecule has 0 saturated heterocycles. The average Bonchev–Trinajstić information content (AvgIpc) is 2.18. The van der Waals surface area contributed by atoms with Gasteiger partial charge in [-0.15, -0.1) is 0 Å². The first-order valence-electron chi connectivity index (χ1n) is 5.25. The molecule has 0 atom stereocenters. The van der Waals surface area contributed by atoms with Crippen molar-refractivity contribution in [1.29, 1.82) is 0 Å². The summed E-state index contributed by atoms with van der Waals surface area (Å²) < 4.78 is 0. The first-order valence-corrected chi connectivity index (χ1v) is 5.25. The summed E-state index contributed by atoms with van der Waals surface area (Å²) in [6, 6.07) is 2.11. The van der Waals surface area contributed by atoms with E-state index in [9.17, 15) is 4.79 Å². The van der Waals surface area contributed by atoms with E-state index in [2.05, 4.69) is 18.0 Å². The van der Waals surface area contributed by atoms with E-state index in [1.54, 1.807) is 0 Å². The molecule has 1 heterocycles. The average molecular weight is 189 g/mol. The molecule has 1 aromatic heterocycles. The molecule has 0 saturated carbocycles. The molecule has 2 rings (SSSR count). The Labute approximate surface area is 84.4 Å². The highest BCUT2D eigenvalue weighted by molar-refractivity contribution is 5.96. The molecule has 0 amide bonds. The zero-order chi connectivity index (χ0) is 10.1. The van der Waals surface area contributed by atoms with Crippen LogP contribution in [0.25, 0.3) is 0 Å². The maximum absolute atomic E-state index is 11.6. The Hall–Kier alpha value is -1.18. The molecule has 2 heteroatoms. The molecule has 0 unspecified atom stereocenters. The molecule has 2 nitrogen and oxygen atoms in total. The molecule has 1 aliphatic carbocycles. The van der Waals surface area contributed by atoms with Crippen molar-refractivity contribution in [2.24, 2.45) is 0 Å². The third kappa shape index (κ3) is 1.45. The fourth-order valence-corrected chi connectivity index (χ4v) is 2.14. The molecule has 74 valence electrons. The SMILES string of the molecule is CCc1cc(C)nc2c1CCCC2=O. The van der Waals surface area contributed by atoms with Gasteiger partial charge in [0.05, 0.1) is 0 Å². The zero-order valence-electron chi connectivity index (χ0n) is 8.76. The Bertz CT molecular complexity index is 382. The molecule has 0 bridgehead atoms. The number of ketones is 1. The van der Waals surface area contributed by atoms with Crippen LogP contribution in [0, 0.1) is 6.92 Å². The Morgan fingerprint density at radius 2 is 2.21 bits per heavy atom. The summed E-state index contributed by atoms with van der Waals surface area (Å²) in [4.78, 5) is 16.0. The normalized spacial score (nSPS) is 15.4. The van der Waals surface area contributed by atoms with E-state index >= 15 is 0 Å². The lowest BCUT2D eigenvalue weighted by atomic mass is 9.90. The van der Waals surface area contributed by atoms with Gasteiger partial charge >= 0.3 is 0 Å². The van der Waals surface area contributed by atoms with Crippen LogP contribution in [0.5, 0.6) is 0 Å². The molecular formula is C12H15NO. The van der Waals surface area contributed by atoms with E-state index in [1.807, 2.05) is 6.92 Å². The van der Waals surface area contributed by atoms with Crippen LogP contribution < -0.4 is 0 Å². The molecular weight excluding hydrogens is 174 g/mol. The van der Waals surface area contributed by atoms with Crippen molar-refractivity contribution < 1.29 is 4.79 Å². The number of Topliss-reactive ketones (excluding diaryl/α,β-unsaturated/α-hetero) is 1. The van der Waals surface area contributed by atoms with Gasteiger partial charge in [-0.3, -0.25) is 4.79 Å². The second-order valence-electron chi connectivity index (χ2n) is 3.88. The number of pyridine rings is 1. The fourth-order valence-electron chi connectivity index (χ4n) is 2.14. The molecule has 0 N–H and O–H groups in total. The largest absolute Gasteiger partial charge is 0.292 e. The van der Waals surface area contributed by atoms with Crippen LogP contribution in [-0.4, -0.2) is 10.8 Å². The number of aromatic nitrogens is 1. The predicted octanol–water partition coefficient (Wildman–Crippen LogP) is 2.47. The summed E-state index contributed by atoms with van der Waals surface area (Å²) in [5, 5.41) is 0. The molecule has 14 heavy (non-hydrogen) atoms. The lowest BCUT2D eigenvalue weighted by molar-refractivity contribution is 0.0966. The van der Waals surface area contributed by atoms with Gasteiger partial charge in [0.15, 0.2) is 5.78 Å². The van der Waals surface area contributed by atoms with E-state index in [1.165, 1.54) is 11.1 Å². The minimum Gasteiger partial charge on any atom is -0.292 e. The molecule has 1 aliphatic rings. The lowest BCUT2D eigenvalue weighted by Gasteiger charge is -2.17. The number of aryl methyl sites for hydroxylation is 2. The van der Waals surface area contributed by atoms with Gasteiger partial charge in [-0.05, 0) is 43.4 Å².